The van der Waals surface area contributed by atoms with Gasteiger partial charge in [-0.1, -0.05) is 35.9 Å². The summed E-state index contributed by atoms with van der Waals surface area (Å²) in [5.74, 6) is -0.272. The van der Waals surface area contributed by atoms with Gasteiger partial charge in [0, 0.05) is 40.7 Å². The average Bonchev–Trinajstić information content (AvgIpc) is 3.61. The first-order chi connectivity index (χ1) is 18.3. The van der Waals surface area contributed by atoms with Crippen LogP contribution in [0.1, 0.15) is 36.2 Å². The monoisotopic (exact) mass is 528 g/mol. The summed E-state index contributed by atoms with van der Waals surface area (Å²) in [5.41, 5.74) is 6.72. The highest BCUT2D eigenvalue weighted by molar-refractivity contribution is 6.31. The number of methoxy groups -OCH3 is 1. The van der Waals surface area contributed by atoms with E-state index in [9.17, 15) is 9.59 Å². The zero-order valence-corrected chi connectivity index (χ0v) is 21.9. The minimum absolute atomic E-state index is 0.140. The van der Waals surface area contributed by atoms with Crippen molar-refractivity contribution in [2.45, 2.75) is 32.7 Å². The smallest absolute Gasteiger partial charge is 0.309 e. The van der Waals surface area contributed by atoms with Crippen molar-refractivity contribution in [3.05, 3.63) is 99.3 Å². The first kappa shape index (κ1) is 25.3. The topological polar surface area (TPSA) is 104 Å². The number of ether oxygens (including phenoxy) is 1. The molecule has 2 aromatic heterocycles. The van der Waals surface area contributed by atoms with E-state index >= 15 is 0 Å². The summed E-state index contributed by atoms with van der Waals surface area (Å²) in [6.45, 7) is 3.89. The van der Waals surface area contributed by atoms with Crippen LogP contribution in [0.3, 0.4) is 0 Å². The second-order valence-corrected chi connectivity index (χ2v) is 9.52. The Kier molecular flexibility index (Phi) is 7.02. The molecular weight excluding hydrogens is 504 g/mol. The van der Waals surface area contributed by atoms with Gasteiger partial charge in [0.1, 0.15) is 6.33 Å². The van der Waals surface area contributed by atoms with Gasteiger partial charge in [0.15, 0.2) is 0 Å². The molecule has 0 fully saturated rings. The van der Waals surface area contributed by atoms with Crippen molar-refractivity contribution in [1.29, 1.82) is 0 Å². The molecule has 5 rings (SSSR count). The Balaban J connectivity index is 1.37. The molecule has 1 unspecified atom stereocenters. The van der Waals surface area contributed by atoms with Crippen LogP contribution in [-0.4, -0.2) is 43.6 Å². The molecule has 0 saturated heterocycles. The summed E-state index contributed by atoms with van der Waals surface area (Å²) in [4.78, 5) is 29.6. The lowest BCUT2D eigenvalue weighted by atomic mass is 9.98. The Hall–Kier alpha value is -4.37. The fraction of sp³-hybridized carbons (Fsp3) is 0.214. The van der Waals surface area contributed by atoms with Crippen molar-refractivity contribution >= 4 is 28.9 Å². The molecule has 0 saturated carbocycles. The van der Waals surface area contributed by atoms with Gasteiger partial charge in [0.05, 0.1) is 25.3 Å². The molecule has 192 valence electrons. The van der Waals surface area contributed by atoms with Gasteiger partial charge in [-0.15, -0.1) is 5.10 Å². The van der Waals surface area contributed by atoms with E-state index in [1.165, 1.54) is 18.1 Å². The standard InChI is InChI=1S/C28H25ClN6O3/c1-17-10-21(24-14-23(29)8-9-26(24)34-16-31-32-33-34)13-27(36)35(17)18(2)25-12-22(15-30-25)20-6-4-19(5-7-20)11-28(37)38-3/h4-10,13-16,18H,11-12H2,1-3H3. The van der Waals surface area contributed by atoms with Crippen LogP contribution < -0.4 is 5.56 Å². The number of tetrazole rings is 1. The molecule has 0 amide bonds. The van der Waals surface area contributed by atoms with Gasteiger partial charge in [-0.3, -0.25) is 14.6 Å². The van der Waals surface area contributed by atoms with Crippen LogP contribution >= 0.6 is 11.6 Å². The number of nitrogens with zero attached hydrogens (tertiary/aromatic N) is 6. The molecule has 1 aliphatic rings. The molecule has 0 radical (unpaired) electrons. The Labute approximate surface area is 224 Å². The Bertz CT molecular complexity index is 1620. The molecule has 4 aromatic rings. The minimum Gasteiger partial charge on any atom is -0.469 e. The summed E-state index contributed by atoms with van der Waals surface area (Å²) < 4.78 is 8.02. The summed E-state index contributed by atoms with van der Waals surface area (Å²) in [5, 5.41) is 12.0. The van der Waals surface area contributed by atoms with E-state index in [0.29, 0.717) is 11.4 Å². The highest BCUT2D eigenvalue weighted by atomic mass is 35.5. The van der Waals surface area contributed by atoms with Crippen molar-refractivity contribution in [2.75, 3.05) is 7.11 Å². The number of pyridine rings is 1. The van der Waals surface area contributed by atoms with Gasteiger partial charge >= 0.3 is 5.97 Å². The third-order valence-corrected chi connectivity index (χ3v) is 6.89. The third-order valence-electron chi connectivity index (χ3n) is 6.65. The molecule has 0 spiro atoms. The zero-order valence-electron chi connectivity index (χ0n) is 21.1. The molecule has 9 nitrogen and oxygen atoms in total. The van der Waals surface area contributed by atoms with Gasteiger partial charge in [-0.25, -0.2) is 0 Å². The Morgan fingerprint density at radius 1 is 1.11 bits per heavy atom. The summed E-state index contributed by atoms with van der Waals surface area (Å²) in [6, 6.07) is 16.5. The minimum atomic E-state index is -0.272. The van der Waals surface area contributed by atoms with E-state index in [4.69, 9.17) is 16.3 Å². The number of carbonyl (C=O) groups is 1. The maximum Gasteiger partial charge on any atom is 0.309 e. The van der Waals surface area contributed by atoms with E-state index in [0.717, 1.165) is 44.9 Å². The molecule has 10 heteroatoms. The van der Waals surface area contributed by atoms with E-state index in [1.807, 2.05) is 56.4 Å². The number of aryl methyl sites for hydroxylation is 1. The van der Waals surface area contributed by atoms with Crippen molar-refractivity contribution < 1.29 is 9.53 Å². The van der Waals surface area contributed by atoms with E-state index < -0.39 is 0 Å². The fourth-order valence-electron chi connectivity index (χ4n) is 4.68. The number of aliphatic imine (C=N–C) groups is 1. The maximum absolute atomic E-state index is 13.4. The van der Waals surface area contributed by atoms with Crippen LogP contribution in [0.15, 0.2) is 76.9 Å². The average molecular weight is 529 g/mol. The van der Waals surface area contributed by atoms with Crippen LogP contribution in [0, 0.1) is 6.92 Å². The Morgan fingerprint density at radius 3 is 2.58 bits per heavy atom. The largest absolute Gasteiger partial charge is 0.469 e. The van der Waals surface area contributed by atoms with Gasteiger partial charge in [0.2, 0.25) is 0 Å². The normalized spacial score (nSPS) is 13.7. The zero-order chi connectivity index (χ0) is 26.8. The van der Waals surface area contributed by atoms with E-state index in [1.54, 1.807) is 22.8 Å². The maximum atomic E-state index is 13.4. The summed E-state index contributed by atoms with van der Waals surface area (Å²) >= 11 is 6.29. The predicted molar refractivity (Wildman–Crippen MR) is 145 cm³/mol. The number of halogens is 1. The van der Waals surface area contributed by atoms with E-state index in [-0.39, 0.29) is 24.0 Å². The van der Waals surface area contributed by atoms with Crippen molar-refractivity contribution in [3.8, 4) is 16.8 Å². The number of allylic oxidation sites excluding steroid dienone is 1. The molecule has 0 N–H and O–H groups in total. The fourth-order valence-corrected chi connectivity index (χ4v) is 4.85. The van der Waals surface area contributed by atoms with Crippen LogP contribution in [0.5, 0.6) is 0 Å². The molecule has 0 bridgehead atoms. The second kappa shape index (κ2) is 10.5. The number of carbonyl (C=O) groups excluding carboxylic acids is 1. The molecule has 2 aromatic carbocycles. The lowest BCUT2D eigenvalue weighted by Gasteiger charge is -2.20. The first-order valence-electron chi connectivity index (χ1n) is 12.0. The molecule has 1 aliphatic heterocycles. The van der Waals surface area contributed by atoms with Crippen LogP contribution in [0.25, 0.3) is 22.4 Å². The number of hydrogen-bond acceptors (Lipinski definition) is 7. The molecule has 0 aliphatic carbocycles. The summed E-state index contributed by atoms with van der Waals surface area (Å²) in [7, 11) is 1.38. The SMILES string of the molecule is COC(=O)Cc1ccc(C2=CN=C(C(C)n3c(C)cc(-c4cc(Cl)ccc4-n4cnnn4)cc3=O)C2)cc1. The van der Waals surface area contributed by atoms with Crippen LogP contribution in [0.4, 0.5) is 0 Å². The second-order valence-electron chi connectivity index (χ2n) is 9.09. The third kappa shape index (κ3) is 5.05. The van der Waals surface area contributed by atoms with Crippen LogP contribution in [-0.2, 0) is 16.0 Å². The quantitative estimate of drug-likeness (QED) is 0.324. The first-order valence-corrected chi connectivity index (χ1v) is 12.4. The van der Waals surface area contributed by atoms with Gasteiger partial charge < -0.3 is 9.30 Å². The molecule has 3 heterocycles. The summed E-state index contributed by atoms with van der Waals surface area (Å²) in [6.07, 6.45) is 4.21. The van der Waals surface area contributed by atoms with E-state index in [2.05, 4.69) is 20.5 Å². The predicted octanol–water partition coefficient (Wildman–Crippen LogP) is 4.62. The lowest BCUT2D eigenvalue weighted by molar-refractivity contribution is -0.139. The highest BCUT2D eigenvalue weighted by Gasteiger charge is 2.22. The van der Waals surface area contributed by atoms with Crippen molar-refractivity contribution in [1.82, 2.24) is 24.8 Å². The molecular formula is C28H25ClN6O3. The van der Waals surface area contributed by atoms with Gasteiger partial charge in [-0.2, -0.15) is 4.68 Å². The Morgan fingerprint density at radius 2 is 1.89 bits per heavy atom. The highest BCUT2D eigenvalue weighted by Crippen LogP contribution is 2.31. The lowest BCUT2D eigenvalue weighted by Crippen LogP contribution is -2.29. The van der Waals surface area contributed by atoms with Crippen molar-refractivity contribution in [3.63, 3.8) is 0 Å². The number of rotatable bonds is 7. The number of aromatic nitrogens is 5. The van der Waals surface area contributed by atoms with Crippen LogP contribution in [0.2, 0.25) is 5.02 Å². The van der Waals surface area contributed by atoms with Crippen molar-refractivity contribution in [2.24, 2.45) is 4.99 Å². The number of hydrogen-bond donors (Lipinski definition) is 0. The van der Waals surface area contributed by atoms with Gasteiger partial charge in [0.25, 0.3) is 5.56 Å². The molecule has 1 atom stereocenters. The number of esters is 1. The molecule has 38 heavy (non-hydrogen) atoms. The number of benzene rings is 2. The van der Waals surface area contributed by atoms with Gasteiger partial charge in [-0.05, 0) is 70.8 Å².